The summed E-state index contributed by atoms with van der Waals surface area (Å²) >= 11 is 1.77. The van der Waals surface area contributed by atoms with Gasteiger partial charge in [-0.15, -0.1) is 11.8 Å². The predicted octanol–water partition coefficient (Wildman–Crippen LogP) is -1.35. The quantitative estimate of drug-likeness (QED) is 0.691. The highest BCUT2D eigenvalue weighted by Gasteiger charge is 2.30. The molecule has 0 aromatic rings. The minimum atomic E-state index is -0.0217. The number of nitrogens with one attached hydrogen (secondary N) is 1. The summed E-state index contributed by atoms with van der Waals surface area (Å²) in [7, 11) is 0. The van der Waals surface area contributed by atoms with E-state index in [2.05, 4.69) is 10.2 Å². The van der Waals surface area contributed by atoms with Crippen LogP contribution in [0.25, 0.3) is 0 Å². The lowest BCUT2D eigenvalue weighted by molar-refractivity contribution is -0.138. The molecular weight excluding hydrogens is 304 g/mol. The van der Waals surface area contributed by atoms with Gasteiger partial charge in [0.1, 0.15) is 0 Å². The van der Waals surface area contributed by atoms with Crippen LogP contribution in [0.1, 0.15) is 0 Å². The van der Waals surface area contributed by atoms with Gasteiger partial charge in [-0.1, -0.05) is 0 Å². The maximum atomic E-state index is 12.3. The summed E-state index contributed by atoms with van der Waals surface area (Å²) in [5.74, 6) is 2.13. The predicted molar refractivity (Wildman–Crippen MR) is 84.7 cm³/mol. The minimum Gasteiger partial charge on any atom is -0.378 e. The lowest BCUT2D eigenvalue weighted by atomic mass is 10.2. The Morgan fingerprint density at radius 1 is 1.05 bits per heavy atom. The van der Waals surface area contributed by atoms with Gasteiger partial charge < -0.3 is 14.5 Å². The highest BCUT2D eigenvalue weighted by atomic mass is 32.2. The fourth-order valence-electron chi connectivity index (χ4n) is 3.00. The first-order valence-electron chi connectivity index (χ1n) is 7.92. The van der Waals surface area contributed by atoms with Crippen molar-refractivity contribution in [1.82, 2.24) is 20.0 Å². The van der Waals surface area contributed by atoms with Gasteiger partial charge in [0, 0.05) is 50.9 Å². The summed E-state index contributed by atoms with van der Waals surface area (Å²) in [6.07, 6.45) is 0. The van der Waals surface area contributed by atoms with Crippen molar-refractivity contribution >= 4 is 23.6 Å². The highest BCUT2D eigenvalue weighted by molar-refractivity contribution is 7.99. The zero-order valence-corrected chi connectivity index (χ0v) is 13.6. The lowest BCUT2D eigenvalue weighted by Crippen LogP contribution is -2.55. The van der Waals surface area contributed by atoms with Gasteiger partial charge in [0.25, 0.3) is 0 Å². The van der Waals surface area contributed by atoms with Gasteiger partial charge in [0.2, 0.25) is 11.8 Å². The van der Waals surface area contributed by atoms with Gasteiger partial charge in [-0.25, -0.2) is 0 Å². The van der Waals surface area contributed by atoms with E-state index in [1.54, 1.807) is 11.8 Å². The molecule has 3 aliphatic heterocycles. The first-order valence-corrected chi connectivity index (χ1v) is 9.07. The van der Waals surface area contributed by atoms with Crippen LogP contribution in [0.15, 0.2) is 0 Å². The molecule has 3 rings (SSSR count). The molecule has 3 saturated heterocycles. The van der Waals surface area contributed by atoms with Crippen molar-refractivity contribution in [2.75, 3.05) is 70.7 Å². The molecular formula is C14H24N4O3S. The van der Waals surface area contributed by atoms with E-state index < -0.39 is 0 Å². The van der Waals surface area contributed by atoms with E-state index >= 15 is 0 Å². The number of hydrogen-bond donors (Lipinski definition) is 1. The molecule has 1 atom stereocenters. The molecule has 0 radical (unpaired) electrons. The molecule has 2 amide bonds. The van der Waals surface area contributed by atoms with Gasteiger partial charge in [-0.3, -0.25) is 19.8 Å². The van der Waals surface area contributed by atoms with Crippen LogP contribution in [0, 0.1) is 0 Å². The van der Waals surface area contributed by atoms with Crippen molar-refractivity contribution in [2.45, 2.75) is 6.04 Å². The molecule has 1 unspecified atom stereocenters. The molecule has 124 valence electrons. The van der Waals surface area contributed by atoms with E-state index in [0.29, 0.717) is 32.8 Å². The fourth-order valence-corrected chi connectivity index (χ4v) is 3.94. The monoisotopic (exact) mass is 328 g/mol. The number of hydrogen-bond acceptors (Lipinski definition) is 6. The Balaban J connectivity index is 1.41. The number of rotatable bonds is 3. The first kappa shape index (κ1) is 16.0. The second-order valence-corrected chi connectivity index (χ2v) is 6.90. The summed E-state index contributed by atoms with van der Waals surface area (Å²) in [6.45, 7) is 6.13. The molecule has 0 bridgehead atoms. The highest BCUT2D eigenvalue weighted by Crippen LogP contribution is 2.13. The van der Waals surface area contributed by atoms with Crippen LogP contribution < -0.4 is 5.32 Å². The second kappa shape index (κ2) is 7.63. The Bertz CT molecular complexity index is 403. The Hall–Kier alpha value is -0.830. The van der Waals surface area contributed by atoms with Crippen molar-refractivity contribution < 1.29 is 14.3 Å². The smallest absolute Gasteiger partial charge is 0.240 e. The summed E-state index contributed by atoms with van der Waals surface area (Å²) in [6, 6.07) is -0.0217. The Kier molecular flexibility index (Phi) is 5.56. The van der Waals surface area contributed by atoms with Crippen LogP contribution in [-0.2, 0) is 14.3 Å². The van der Waals surface area contributed by atoms with Crippen molar-refractivity contribution in [3.05, 3.63) is 0 Å². The number of morpholine rings is 1. The lowest BCUT2D eigenvalue weighted by Gasteiger charge is -2.36. The second-order valence-electron chi connectivity index (χ2n) is 5.87. The molecule has 3 aliphatic rings. The van der Waals surface area contributed by atoms with Crippen molar-refractivity contribution in [3.8, 4) is 0 Å². The van der Waals surface area contributed by atoms with Crippen molar-refractivity contribution in [1.29, 1.82) is 0 Å². The molecule has 0 aromatic heterocycles. The molecule has 0 aliphatic carbocycles. The van der Waals surface area contributed by atoms with Gasteiger partial charge in [-0.05, 0) is 0 Å². The molecule has 8 heteroatoms. The van der Waals surface area contributed by atoms with Crippen LogP contribution in [0.4, 0.5) is 0 Å². The number of thioether (sulfide) groups is 1. The zero-order valence-electron chi connectivity index (χ0n) is 12.8. The third-order valence-corrected chi connectivity index (χ3v) is 5.36. The number of amides is 2. The van der Waals surface area contributed by atoms with Gasteiger partial charge in [0.05, 0.1) is 25.8 Å². The zero-order chi connectivity index (χ0) is 15.4. The van der Waals surface area contributed by atoms with E-state index in [1.165, 1.54) is 0 Å². The first-order chi connectivity index (χ1) is 10.7. The van der Waals surface area contributed by atoms with E-state index in [-0.39, 0.29) is 17.9 Å². The number of carbonyl (C=O) groups excluding carboxylic acids is 2. The topological polar surface area (TPSA) is 65.1 Å². The van der Waals surface area contributed by atoms with Crippen molar-refractivity contribution in [2.24, 2.45) is 0 Å². The molecule has 22 heavy (non-hydrogen) atoms. The minimum absolute atomic E-state index is 0.0217. The fraction of sp³-hybridized carbons (Fsp3) is 0.857. The largest absolute Gasteiger partial charge is 0.378 e. The summed E-state index contributed by atoms with van der Waals surface area (Å²) in [5, 5.41) is 3.23. The third-order valence-electron chi connectivity index (χ3n) is 4.42. The molecule has 0 aromatic carbocycles. The normalized spacial score (nSPS) is 27.2. The van der Waals surface area contributed by atoms with Gasteiger partial charge in [0.15, 0.2) is 0 Å². The number of piperazine rings is 1. The SMILES string of the molecule is O=C(CN1CCN(C(=O)C2CSCN2)CC1)N1CCOCC1. The average Bonchev–Trinajstić information content (AvgIpc) is 3.10. The number of nitrogens with zero attached hydrogens (tertiary/aromatic N) is 3. The molecule has 1 N–H and O–H groups in total. The molecule has 7 nitrogen and oxygen atoms in total. The van der Waals surface area contributed by atoms with E-state index in [1.807, 2.05) is 9.80 Å². The summed E-state index contributed by atoms with van der Waals surface area (Å²) < 4.78 is 5.27. The Labute approximate surface area is 135 Å². The van der Waals surface area contributed by atoms with Crippen LogP contribution in [0.5, 0.6) is 0 Å². The summed E-state index contributed by atoms with van der Waals surface area (Å²) in [5.41, 5.74) is 0. The maximum Gasteiger partial charge on any atom is 0.240 e. The summed E-state index contributed by atoms with van der Waals surface area (Å²) in [4.78, 5) is 30.5. The van der Waals surface area contributed by atoms with Crippen LogP contribution in [0.3, 0.4) is 0 Å². The van der Waals surface area contributed by atoms with Crippen LogP contribution >= 0.6 is 11.8 Å². The molecule has 0 spiro atoms. The molecule has 0 saturated carbocycles. The molecule has 3 fully saturated rings. The number of carbonyl (C=O) groups is 2. The maximum absolute atomic E-state index is 12.3. The van der Waals surface area contributed by atoms with Gasteiger partial charge in [-0.2, -0.15) is 0 Å². The Morgan fingerprint density at radius 3 is 2.41 bits per heavy atom. The molecule has 3 heterocycles. The van der Waals surface area contributed by atoms with Crippen LogP contribution in [-0.4, -0.2) is 103 Å². The number of ether oxygens (including phenoxy) is 1. The third kappa shape index (κ3) is 3.92. The van der Waals surface area contributed by atoms with Gasteiger partial charge >= 0.3 is 0 Å². The van der Waals surface area contributed by atoms with Crippen LogP contribution in [0.2, 0.25) is 0 Å². The average molecular weight is 328 g/mol. The van der Waals surface area contributed by atoms with E-state index in [9.17, 15) is 9.59 Å². The standard InChI is InChI=1S/C14H24N4O3S/c19-13(17-5-7-21-8-6-17)9-16-1-3-18(4-2-16)14(20)12-10-22-11-15-12/h12,15H,1-11H2. The van der Waals surface area contributed by atoms with Crippen molar-refractivity contribution in [3.63, 3.8) is 0 Å². The Morgan fingerprint density at radius 2 is 1.77 bits per heavy atom. The van der Waals surface area contributed by atoms with E-state index in [0.717, 1.165) is 37.8 Å². The van der Waals surface area contributed by atoms with E-state index in [4.69, 9.17) is 4.74 Å².